The van der Waals surface area contributed by atoms with Crippen LogP contribution in [0.4, 0.5) is 0 Å². The molecule has 0 spiro atoms. The highest BCUT2D eigenvalue weighted by molar-refractivity contribution is 5.34. The summed E-state index contributed by atoms with van der Waals surface area (Å²) in [6.45, 7) is 2.76. The molecule has 1 fully saturated rings. The van der Waals surface area contributed by atoms with E-state index in [1.54, 1.807) is 0 Å². The van der Waals surface area contributed by atoms with Crippen LogP contribution in [0.5, 0.6) is 0 Å². The van der Waals surface area contributed by atoms with Crippen LogP contribution in [0.25, 0.3) is 5.69 Å². The minimum absolute atomic E-state index is 0.213. The lowest BCUT2D eigenvalue weighted by Gasteiger charge is -2.36. The van der Waals surface area contributed by atoms with Crippen LogP contribution in [0, 0.1) is 12.3 Å². The lowest BCUT2D eigenvalue weighted by atomic mass is 9.71. The average molecular weight is 284 g/mol. The maximum Gasteiger partial charge on any atom is 0.138 e. The van der Waals surface area contributed by atoms with Crippen molar-refractivity contribution in [1.82, 2.24) is 14.8 Å². The van der Waals surface area contributed by atoms with Crippen LogP contribution < -0.4 is 5.73 Å². The number of aryl methyl sites for hydroxylation is 1. The fourth-order valence-corrected chi connectivity index (χ4v) is 3.52. The molecule has 0 aliphatic heterocycles. The van der Waals surface area contributed by atoms with E-state index in [0.717, 1.165) is 30.3 Å². The van der Waals surface area contributed by atoms with Gasteiger partial charge in [0.05, 0.1) is 0 Å². The van der Waals surface area contributed by atoms with Crippen molar-refractivity contribution < 1.29 is 0 Å². The predicted octanol–water partition coefficient (Wildman–Crippen LogP) is 3.03. The number of hydrogen-bond acceptors (Lipinski definition) is 3. The van der Waals surface area contributed by atoms with Gasteiger partial charge >= 0.3 is 0 Å². The summed E-state index contributed by atoms with van der Waals surface area (Å²) in [5.41, 5.74) is 7.47. The average Bonchev–Trinajstić information content (AvgIpc) is 2.89. The molecule has 1 aliphatic rings. The first-order chi connectivity index (χ1) is 10.2. The number of aromatic nitrogens is 3. The number of nitrogens with zero attached hydrogens (tertiary/aromatic N) is 3. The highest BCUT2D eigenvalue weighted by Crippen LogP contribution is 2.38. The summed E-state index contributed by atoms with van der Waals surface area (Å²) in [4.78, 5) is 0. The Morgan fingerprint density at radius 2 is 1.81 bits per heavy atom. The molecule has 2 N–H and O–H groups in total. The van der Waals surface area contributed by atoms with Gasteiger partial charge in [0.2, 0.25) is 0 Å². The van der Waals surface area contributed by atoms with Crippen LogP contribution in [0.2, 0.25) is 0 Å². The van der Waals surface area contributed by atoms with Crippen molar-refractivity contribution >= 4 is 0 Å². The zero-order chi connectivity index (χ0) is 14.7. The second-order valence-corrected chi connectivity index (χ2v) is 6.28. The van der Waals surface area contributed by atoms with Gasteiger partial charge in [-0.1, -0.05) is 37.5 Å². The molecular weight excluding hydrogens is 260 g/mol. The van der Waals surface area contributed by atoms with Gasteiger partial charge in [-0.2, -0.15) is 0 Å². The molecule has 3 rings (SSSR count). The summed E-state index contributed by atoms with van der Waals surface area (Å²) in [5, 5.41) is 8.73. The first-order valence-corrected chi connectivity index (χ1v) is 7.90. The van der Waals surface area contributed by atoms with Crippen molar-refractivity contribution in [3.05, 3.63) is 42.0 Å². The number of rotatable bonds is 4. The van der Waals surface area contributed by atoms with Crippen LogP contribution >= 0.6 is 0 Å². The van der Waals surface area contributed by atoms with Crippen molar-refractivity contribution in [1.29, 1.82) is 0 Å². The van der Waals surface area contributed by atoms with Gasteiger partial charge in [-0.25, -0.2) is 0 Å². The van der Waals surface area contributed by atoms with E-state index in [1.165, 1.54) is 32.1 Å². The molecule has 0 bridgehead atoms. The largest absolute Gasteiger partial charge is 0.330 e. The first-order valence-electron chi connectivity index (χ1n) is 7.90. The monoisotopic (exact) mass is 284 g/mol. The first kappa shape index (κ1) is 14.3. The maximum absolute atomic E-state index is 6.12. The molecule has 1 saturated carbocycles. The Labute approximate surface area is 126 Å². The quantitative estimate of drug-likeness (QED) is 0.939. The molecule has 21 heavy (non-hydrogen) atoms. The predicted molar refractivity (Wildman–Crippen MR) is 84.4 cm³/mol. The van der Waals surface area contributed by atoms with Gasteiger partial charge < -0.3 is 5.73 Å². The number of nitrogens with two attached hydrogens (primary N) is 1. The van der Waals surface area contributed by atoms with E-state index >= 15 is 0 Å². The summed E-state index contributed by atoms with van der Waals surface area (Å²) >= 11 is 0. The van der Waals surface area contributed by atoms with Crippen LogP contribution in [0.15, 0.2) is 30.3 Å². The minimum Gasteiger partial charge on any atom is -0.330 e. The van der Waals surface area contributed by atoms with Crippen molar-refractivity contribution in [2.75, 3.05) is 6.54 Å². The molecule has 0 unspecified atom stereocenters. The molecule has 4 heteroatoms. The molecule has 0 radical (unpaired) electrons. The fourth-order valence-electron chi connectivity index (χ4n) is 3.52. The van der Waals surface area contributed by atoms with E-state index in [2.05, 4.69) is 39.0 Å². The van der Waals surface area contributed by atoms with Crippen molar-refractivity contribution in [2.45, 2.75) is 45.4 Å². The second-order valence-electron chi connectivity index (χ2n) is 6.28. The third-order valence-corrected chi connectivity index (χ3v) is 4.79. The van der Waals surface area contributed by atoms with Crippen LogP contribution in [0.1, 0.15) is 43.8 Å². The third-order valence-electron chi connectivity index (χ3n) is 4.79. The van der Waals surface area contributed by atoms with E-state index in [0.29, 0.717) is 0 Å². The topological polar surface area (TPSA) is 56.7 Å². The summed E-state index contributed by atoms with van der Waals surface area (Å²) in [6, 6.07) is 10.4. The molecule has 1 heterocycles. The molecular formula is C17H24N4. The van der Waals surface area contributed by atoms with Crippen LogP contribution in [0.3, 0.4) is 0 Å². The van der Waals surface area contributed by atoms with E-state index in [9.17, 15) is 0 Å². The molecule has 0 amide bonds. The third kappa shape index (κ3) is 2.86. The second kappa shape index (κ2) is 5.98. The Bertz CT molecular complexity index is 582. The standard InChI is InChI=1S/C17H24N4/c1-14-19-20-16(21(14)15-8-4-2-5-9-15)12-17(13-18)10-6-3-7-11-17/h2,4-5,8-9H,3,6-7,10-13,18H2,1H3. The zero-order valence-electron chi connectivity index (χ0n) is 12.8. The van der Waals surface area contributed by atoms with E-state index < -0.39 is 0 Å². The molecule has 4 nitrogen and oxygen atoms in total. The van der Waals surface area contributed by atoms with Crippen molar-refractivity contribution in [3.8, 4) is 5.69 Å². The van der Waals surface area contributed by atoms with Crippen molar-refractivity contribution in [2.24, 2.45) is 11.1 Å². The summed E-state index contributed by atoms with van der Waals surface area (Å²) in [6.07, 6.45) is 7.27. The minimum atomic E-state index is 0.213. The Kier molecular flexibility index (Phi) is 4.06. The summed E-state index contributed by atoms with van der Waals surface area (Å²) in [7, 11) is 0. The lowest BCUT2D eigenvalue weighted by molar-refractivity contribution is 0.192. The molecule has 112 valence electrons. The molecule has 1 aliphatic carbocycles. The molecule has 2 aromatic rings. The Morgan fingerprint density at radius 1 is 1.10 bits per heavy atom. The van der Waals surface area contributed by atoms with Gasteiger partial charge in [-0.3, -0.25) is 4.57 Å². The number of benzene rings is 1. The van der Waals surface area contributed by atoms with E-state index in [-0.39, 0.29) is 5.41 Å². The highest BCUT2D eigenvalue weighted by atomic mass is 15.3. The molecule has 0 saturated heterocycles. The highest BCUT2D eigenvalue weighted by Gasteiger charge is 2.33. The lowest BCUT2D eigenvalue weighted by Crippen LogP contribution is -2.35. The van der Waals surface area contributed by atoms with Gasteiger partial charge in [-0.15, -0.1) is 10.2 Å². The summed E-state index contributed by atoms with van der Waals surface area (Å²) < 4.78 is 2.17. The van der Waals surface area contributed by atoms with Crippen LogP contribution in [-0.4, -0.2) is 21.3 Å². The maximum atomic E-state index is 6.12. The zero-order valence-corrected chi connectivity index (χ0v) is 12.8. The van der Waals surface area contributed by atoms with Gasteiger partial charge in [-0.05, 0) is 43.9 Å². The van der Waals surface area contributed by atoms with Gasteiger partial charge in [0.15, 0.2) is 0 Å². The van der Waals surface area contributed by atoms with Crippen molar-refractivity contribution in [3.63, 3.8) is 0 Å². The Balaban J connectivity index is 1.93. The molecule has 1 aromatic heterocycles. The number of para-hydroxylation sites is 1. The summed E-state index contributed by atoms with van der Waals surface area (Å²) in [5.74, 6) is 1.99. The van der Waals surface area contributed by atoms with E-state index in [1.807, 2.05) is 13.0 Å². The van der Waals surface area contributed by atoms with Gasteiger partial charge in [0.25, 0.3) is 0 Å². The SMILES string of the molecule is Cc1nnc(CC2(CN)CCCCC2)n1-c1ccccc1. The van der Waals surface area contributed by atoms with Crippen LogP contribution in [-0.2, 0) is 6.42 Å². The Hall–Kier alpha value is -1.68. The molecule has 1 aromatic carbocycles. The van der Waals surface area contributed by atoms with E-state index in [4.69, 9.17) is 5.73 Å². The Morgan fingerprint density at radius 3 is 2.48 bits per heavy atom. The van der Waals surface area contributed by atoms with Gasteiger partial charge in [0, 0.05) is 12.1 Å². The van der Waals surface area contributed by atoms with Gasteiger partial charge in [0.1, 0.15) is 11.6 Å². The normalized spacial score (nSPS) is 17.8. The fraction of sp³-hybridized carbons (Fsp3) is 0.529. The molecule has 0 atom stereocenters. The smallest absolute Gasteiger partial charge is 0.138 e. The number of hydrogen-bond donors (Lipinski definition) is 1.